The molecule has 0 heterocycles. The van der Waals surface area contributed by atoms with Gasteiger partial charge in [-0.25, -0.2) is 0 Å². The van der Waals surface area contributed by atoms with Crippen molar-refractivity contribution in [3.8, 4) is 0 Å². The van der Waals surface area contributed by atoms with Crippen molar-refractivity contribution in [2.24, 2.45) is 0 Å². The SMILES string of the molecule is CC=O.CCO.CCOC(C)=O. The summed E-state index contributed by atoms with van der Waals surface area (Å²) in [7, 11) is 0. The van der Waals surface area contributed by atoms with Crippen LogP contribution in [0.2, 0.25) is 0 Å². The fourth-order valence-corrected chi connectivity index (χ4v) is 0.203. The maximum Gasteiger partial charge on any atom is 0.302 e. The van der Waals surface area contributed by atoms with Gasteiger partial charge in [-0.05, 0) is 20.8 Å². The highest BCUT2D eigenvalue weighted by Gasteiger charge is 1.81. The van der Waals surface area contributed by atoms with Gasteiger partial charge in [-0.1, -0.05) is 0 Å². The largest absolute Gasteiger partial charge is 0.466 e. The third-order valence-electron chi connectivity index (χ3n) is 0.348. The number of ether oxygens (including phenoxy) is 1. The van der Waals surface area contributed by atoms with Gasteiger partial charge < -0.3 is 14.6 Å². The first-order valence-electron chi connectivity index (χ1n) is 3.74. The summed E-state index contributed by atoms with van der Waals surface area (Å²) in [5.41, 5.74) is 0. The van der Waals surface area contributed by atoms with Crippen molar-refractivity contribution >= 4 is 12.3 Å². The fraction of sp³-hybridized carbons (Fsp3) is 0.750. The zero-order chi connectivity index (χ0) is 10.4. The van der Waals surface area contributed by atoms with E-state index in [-0.39, 0.29) is 12.6 Å². The van der Waals surface area contributed by atoms with Crippen molar-refractivity contribution in [3.05, 3.63) is 0 Å². The number of esters is 1. The lowest BCUT2D eigenvalue weighted by atomic mass is 10.8. The van der Waals surface area contributed by atoms with Gasteiger partial charge in [0.2, 0.25) is 0 Å². The van der Waals surface area contributed by atoms with E-state index >= 15 is 0 Å². The summed E-state index contributed by atoms with van der Waals surface area (Å²) in [5, 5.41) is 7.57. The number of hydrogen-bond donors (Lipinski definition) is 1. The molecular weight excluding hydrogens is 160 g/mol. The first-order chi connectivity index (χ1) is 5.60. The van der Waals surface area contributed by atoms with Gasteiger partial charge in [0.15, 0.2) is 0 Å². The molecule has 0 aromatic heterocycles. The molecule has 0 aromatic carbocycles. The van der Waals surface area contributed by atoms with E-state index in [1.807, 2.05) is 0 Å². The highest BCUT2D eigenvalue weighted by molar-refractivity contribution is 5.65. The lowest BCUT2D eigenvalue weighted by Crippen LogP contribution is -1.95. The Bertz CT molecular complexity index is 91.1. The number of carbonyl (C=O) groups is 2. The van der Waals surface area contributed by atoms with Gasteiger partial charge >= 0.3 is 5.97 Å². The van der Waals surface area contributed by atoms with Crippen LogP contribution in [-0.2, 0) is 14.3 Å². The molecule has 4 nitrogen and oxygen atoms in total. The molecule has 0 rings (SSSR count). The molecule has 0 radical (unpaired) electrons. The minimum atomic E-state index is -0.211. The Morgan fingerprint density at radius 2 is 1.75 bits per heavy atom. The summed E-state index contributed by atoms with van der Waals surface area (Å²) in [5.74, 6) is -0.211. The second-order valence-corrected chi connectivity index (χ2v) is 1.48. The van der Waals surface area contributed by atoms with Gasteiger partial charge in [0.05, 0.1) is 6.61 Å². The third-order valence-corrected chi connectivity index (χ3v) is 0.348. The van der Waals surface area contributed by atoms with E-state index in [4.69, 9.17) is 9.90 Å². The van der Waals surface area contributed by atoms with Gasteiger partial charge in [-0.2, -0.15) is 0 Å². The molecule has 12 heavy (non-hydrogen) atoms. The van der Waals surface area contributed by atoms with Crippen molar-refractivity contribution in [2.45, 2.75) is 27.7 Å². The Kier molecular flexibility index (Phi) is 32.3. The van der Waals surface area contributed by atoms with Crippen LogP contribution in [-0.4, -0.2) is 30.6 Å². The van der Waals surface area contributed by atoms with E-state index in [2.05, 4.69) is 4.74 Å². The van der Waals surface area contributed by atoms with E-state index in [0.29, 0.717) is 6.61 Å². The normalized spacial score (nSPS) is 6.42. The minimum absolute atomic E-state index is 0.211. The van der Waals surface area contributed by atoms with E-state index in [1.54, 1.807) is 13.8 Å². The molecule has 0 unspecified atom stereocenters. The Morgan fingerprint density at radius 3 is 1.75 bits per heavy atom. The number of rotatable bonds is 1. The van der Waals surface area contributed by atoms with Crippen LogP contribution in [0.1, 0.15) is 27.7 Å². The number of aldehydes is 1. The smallest absolute Gasteiger partial charge is 0.302 e. The molecule has 0 bridgehead atoms. The summed E-state index contributed by atoms with van der Waals surface area (Å²) < 4.78 is 4.40. The van der Waals surface area contributed by atoms with Gasteiger partial charge in [0, 0.05) is 13.5 Å². The van der Waals surface area contributed by atoms with Crippen molar-refractivity contribution in [2.75, 3.05) is 13.2 Å². The number of hydrogen-bond acceptors (Lipinski definition) is 4. The maximum atomic E-state index is 9.82. The standard InChI is InChI=1S/C4H8O2.C2H6O.C2H4O/c1-3-6-4(2)5;2*1-2-3/h3H2,1-2H3;3H,2H2,1H3;2H,1H3. The van der Waals surface area contributed by atoms with Crippen LogP contribution in [0.5, 0.6) is 0 Å². The average molecular weight is 178 g/mol. The molecule has 0 saturated carbocycles. The molecule has 0 spiro atoms. The molecule has 0 saturated heterocycles. The predicted octanol–water partition coefficient (Wildman–Crippen LogP) is 0.773. The Labute approximate surface area is 73.5 Å². The van der Waals surface area contributed by atoms with Gasteiger partial charge in [0.25, 0.3) is 0 Å². The van der Waals surface area contributed by atoms with Crippen LogP contribution in [0.4, 0.5) is 0 Å². The second-order valence-electron chi connectivity index (χ2n) is 1.48. The van der Waals surface area contributed by atoms with E-state index in [9.17, 15) is 4.79 Å². The third kappa shape index (κ3) is 135. The lowest BCUT2D eigenvalue weighted by molar-refractivity contribution is -0.140. The molecule has 1 N–H and O–H groups in total. The summed E-state index contributed by atoms with van der Waals surface area (Å²) in [6.07, 6.45) is 0.750. The molecule has 0 fully saturated rings. The monoisotopic (exact) mass is 178 g/mol. The second kappa shape index (κ2) is 22.5. The topological polar surface area (TPSA) is 63.6 Å². The molecule has 0 aromatic rings. The maximum absolute atomic E-state index is 9.82. The minimum Gasteiger partial charge on any atom is -0.466 e. The molecule has 4 heteroatoms. The Balaban J connectivity index is -0.000000115. The van der Waals surface area contributed by atoms with Crippen LogP contribution in [0.15, 0.2) is 0 Å². The van der Waals surface area contributed by atoms with Crippen LogP contribution < -0.4 is 0 Å². The summed E-state index contributed by atoms with van der Waals surface area (Å²) in [6.45, 7) is 7.03. The molecule has 0 amide bonds. The molecule has 74 valence electrons. The van der Waals surface area contributed by atoms with E-state index < -0.39 is 0 Å². The van der Waals surface area contributed by atoms with Crippen molar-refractivity contribution in [3.63, 3.8) is 0 Å². The molecule has 0 atom stereocenters. The number of aliphatic hydroxyl groups excluding tert-OH is 1. The highest BCUT2D eigenvalue weighted by atomic mass is 16.5. The van der Waals surface area contributed by atoms with Gasteiger partial charge in [0.1, 0.15) is 6.29 Å². The fourth-order valence-electron chi connectivity index (χ4n) is 0.203. The van der Waals surface area contributed by atoms with Crippen LogP contribution in [0.3, 0.4) is 0 Å². The van der Waals surface area contributed by atoms with Gasteiger partial charge in [-0.3, -0.25) is 4.79 Å². The summed E-state index contributed by atoms with van der Waals surface area (Å²) in [4.78, 5) is 18.6. The highest BCUT2D eigenvalue weighted by Crippen LogP contribution is 1.69. The van der Waals surface area contributed by atoms with Gasteiger partial charge in [-0.15, -0.1) is 0 Å². The van der Waals surface area contributed by atoms with E-state index in [1.165, 1.54) is 13.8 Å². The van der Waals surface area contributed by atoms with Crippen molar-refractivity contribution in [1.82, 2.24) is 0 Å². The summed E-state index contributed by atoms with van der Waals surface area (Å²) >= 11 is 0. The molecule has 0 aliphatic carbocycles. The quantitative estimate of drug-likeness (QED) is 0.476. The number of carbonyl (C=O) groups excluding carboxylic acids is 2. The average Bonchev–Trinajstić information content (AvgIpc) is 1.89. The predicted molar refractivity (Wildman–Crippen MR) is 46.8 cm³/mol. The van der Waals surface area contributed by atoms with Crippen molar-refractivity contribution < 1.29 is 19.4 Å². The molecule has 0 aliphatic heterocycles. The van der Waals surface area contributed by atoms with E-state index in [0.717, 1.165) is 6.29 Å². The lowest BCUT2D eigenvalue weighted by Gasteiger charge is -1.89. The van der Waals surface area contributed by atoms with Crippen LogP contribution >= 0.6 is 0 Å². The first kappa shape index (κ1) is 17.3. The number of aliphatic hydroxyl groups is 1. The Morgan fingerprint density at radius 1 is 1.50 bits per heavy atom. The van der Waals surface area contributed by atoms with Crippen LogP contribution in [0.25, 0.3) is 0 Å². The zero-order valence-corrected chi connectivity index (χ0v) is 8.16. The zero-order valence-electron chi connectivity index (χ0n) is 8.16. The first-order valence-corrected chi connectivity index (χ1v) is 3.74. The molecule has 0 aliphatic rings. The summed E-state index contributed by atoms with van der Waals surface area (Å²) in [6, 6.07) is 0. The Hall–Kier alpha value is -0.900. The van der Waals surface area contributed by atoms with Crippen molar-refractivity contribution in [1.29, 1.82) is 0 Å². The van der Waals surface area contributed by atoms with Crippen LogP contribution in [0, 0.1) is 0 Å². The molecular formula is C8H18O4.